The highest BCUT2D eigenvalue weighted by atomic mass is 32.1. The number of nitrogens with one attached hydrogen (secondary N) is 2. The number of likely N-dealkylation sites (N-methyl/N-ethyl adjacent to an activating group) is 1. The van der Waals surface area contributed by atoms with Crippen LogP contribution in [-0.2, 0) is 0 Å². The van der Waals surface area contributed by atoms with Crippen molar-refractivity contribution in [3.63, 3.8) is 0 Å². The minimum atomic E-state index is -1.06. The number of nitrogens with zero attached hydrogens (tertiary/aromatic N) is 8. The van der Waals surface area contributed by atoms with Gasteiger partial charge in [-0.25, -0.2) is 9.79 Å². The van der Waals surface area contributed by atoms with E-state index >= 15 is 0 Å². The molecule has 2 amide bonds. The highest BCUT2D eigenvalue weighted by molar-refractivity contribution is 7.13. The van der Waals surface area contributed by atoms with E-state index in [0.717, 1.165) is 0 Å². The molecule has 1 aliphatic heterocycles. The average molecular weight is 332 g/mol. The lowest BCUT2D eigenvalue weighted by Gasteiger charge is -2.22. The van der Waals surface area contributed by atoms with Crippen LogP contribution in [0.4, 0.5) is 9.93 Å². The molecule has 0 saturated heterocycles. The first-order valence-corrected chi connectivity index (χ1v) is 7.23. The van der Waals surface area contributed by atoms with Crippen LogP contribution in [0.5, 0.6) is 0 Å². The van der Waals surface area contributed by atoms with Crippen LogP contribution in [0, 0.1) is 28.6 Å². The van der Waals surface area contributed by atoms with Gasteiger partial charge in [0.1, 0.15) is 11.3 Å². The third-order valence-electron chi connectivity index (χ3n) is 2.94. The lowest BCUT2D eigenvalue weighted by molar-refractivity contribution is 0.232. The summed E-state index contributed by atoms with van der Waals surface area (Å²) in [5.41, 5.74) is 1.51. The van der Waals surface area contributed by atoms with Gasteiger partial charge in [-0.3, -0.25) is 0 Å². The van der Waals surface area contributed by atoms with Crippen LogP contribution in [0.3, 0.4) is 0 Å². The Bertz CT molecular complexity index is 685. The van der Waals surface area contributed by atoms with Gasteiger partial charge in [0.15, 0.2) is 18.2 Å². The van der Waals surface area contributed by atoms with E-state index < -0.39 is 24.3 Å². The molecular weight excluding hydrogens is 320 g/mol. The number of azo groups is 1. The van der Waals surface area contributed by atoms with Crippen molar-refractivity contribution in [1.82, 2.24) is 25.7 Å². The third kappa shape index (κ3) is 3.56. The van der Waals surface area contributed by atoms with Gasteiger partial charge in [-0.05, 0) is 0 Å². The molecule has 2 rings (SSSR count). The maximum atomic E-state index is 11.5. The van der Waals surface area contributed by atoms with Gasteiger partial charge in [-0.2, -0.15) is 15.6 Å². The number of rotatable bonds is 4. The van der Waals surface area contributed by atoms with Crippen LogP contribution in [0.1, 0.15) is 0 Å². The van der Waals surface area contributed by atoms with E-state index in [9.17, 15) is 4.79 Å². The van der Waals surface area contributed by atoms with Gasteiger partial charge in [0.25, 0.3) is 5.13 Å². The summed E-state index contributed by atoms with van der Waals surface area (Å²) in [7, 11) is 3.08. The number of aromatic nitrogens is 2. The summed E-state index contributed by atoms with van der Waals surface area (Å²) in [5, 5.41) is 38.8. The zero-order valence-corrected chi connectivity index (χ0v) is 13.0. The van der Waals surface area contributed by atoms with E-state index in [-0.39, 0.29) is 5.84 Å². The molecule has 0 radical (unpaired) electrons. The van der Waals surface area contributed by atoms with Crippen molar-refractivity contribution in [3.8, 4) is 12.1 Å². The van der Waals surface area contributed by atoms with Gasteiger partial charge in [-0.1, -0.05) is 11.3 Å². The highest BCUT2D eigenvalue weighted by Crippen LogP contribution is 2.22. The molecule has 12 heteroatoms. The first-order chi connectivity index (χ1) is 11.1. The zero-order valence-electron chi connectivity index (χ0n) is 12.2. The van der Waals surface area contributed by atoms with Crippen molar-refractivity contribution in [2.45, 2.75) is 12.3 Å². The number of carbonyl (C=O) groups excluding carboxylic acids is 1. The summed E-state index contributed by atoms with van der Waals surface area (Å²) in [6, 6.07) is 3.23. The van der Waals surface area contributed by atoms with Gasteiger partial charge < -0.3 is 15.5 Å². The molecule has 2 heterocycles. The van der Waals surface area contributed by atoms with Gasteiger partial charge >= 0.3 is 6.03 Å². The second kappa shape index (κ2) is 7.24. The fourth-order valence-electron chi connectivity index (χ4n) is 1.84. The molecule has 0 fully saturated rings. The summed E-state index contributed by atoms with van der Waals surface area (Å²) in [6.45, 7) is 0. The van der Waals surface area contributed by atoms with E-state index in [0.29, 0.717) is 5.13 Å². The maximum Gasteiger partial charge on any atom is 0.316 e. The first-order valence-electron chi connectivity index (χ1n) is 6.35. The molecule has 0 bridgehead atoms. The molecule has 11 nitrogen and oxygen atoms in total. The maximum absolute atomic E-state index is 11.5. The van der Waals surface area contributed by atoms with Crippen LogP contribution in [0.2, 0.25) is 0 Å². The van der Waals surface area contributed by atoms with Crippen LogP contribution < -0.4 is 10.6 Å². The van der Waals surface area contributed by atoms with E-state index in [1.165, 1.54) is 28.8 Å². The lowest BCUT2D eigenvalue weighted by atomic mass is 10.1. The van der Waals surface area contributed by atoms with Gasteiger partial charge in [0, 0.05) is 14.1 Å². The lowest BCUT2D eigenvalue weighted by Crippen LogP contribution is -2.47. The monoisotopic (exact) mass is 332 g/mol. The number of hydrogen-bond donors (Lipinski definition) is 2. The van der Waals surface area contributed by atoms with Gasteiger partial charge in [-0.15, -0.1) is 15.3 Å². The van der Waals surface area contributed by atoms with Crippen molar-refractivity contribution >= 4 is 28.3 Å². The number of carbonyl (C=O) groups is 1. The van der Waals surface area contributed by atoms with Gasteiger partial charge in [0.05, 0.1) is 12.1 Å². The molecule has 1 aliphatic rings. The summed E-state index contributed by atoms with van der Waals surface area (Å²) in [6.07, 6.45) is -1.48. The SMILES string of the molecule is CNC(=O)NC1N=C(C(C#N)C#N)N(C)C1/N=N/c1nncs1. The smallest absolute Gasteiger partial charge is 0.316 e. The minimum Gasteiger partial charge on any atom is -0.341 e. The molecule has 118 valence electrons. The molecule has 0 aliphatic carbocycles. The molecule has 2 N–H and O–H groups in total. The normalized spacial score (nSPS) is 20.2. The fraction of sp³-hybridized carbons (Fsp3) is 0.455. The number of hydrogen-bond acceptors (Lipinski definition) is 10. The van der Waals surface area contributed by atoms with Crippen LogP contribution in [0.15, 0.2) is 20.7 Å². The first kappa shape index (κ1) is 16.3. The number of amidine groups is 1. The number of urea groups is 1. The Labute approximate surface area is 135 Å². The Balaban J connectivity index is 2.26. The Hall–Kier alpha value is -3.12. The molecule has 23 heavy (non-hydrogen) atoms. The van der Waals surface area contributed by atoms with Gasteiger partial charge in [0.2, 0.25) is 0 Å². The predicted octanol–water partition coefficient (Wildman–Crippen LogP) is 0.210. The number of aliphatic imine (C=N–C) groups is 1. The van der Waals surface area contributed by atoms with Crippen molar-refractivity contribution in [2.75, 3.05) is 14.1 Å². The summed E-state index contributed by atoms with van der Waals surface area (Å²) < 4.78 is 0. The van der Waals surface area contributed by atoms with Crippen molar-refractivity contribution in [3.05, 3.63) is 5.51 Å². The third-order valence-corrected chi connectivity index (χ3v) is 3.52. The summed E-state index contributed by atoms with van der Waals surface area (Å²) in [5.74, 6) is -0.840. The molecule has 2 unspecified atom stereocenters. The molecule has 0 saturated carbocycles. The Morgan fingerprint density at radius 1 is 1.52 bits per heavy atom. The van der Waals surface area contributed by atoms with E-state index in [1.54, 1.807) is 7.05 Å². The summed E-state index contributed by atoms with van der Waals surface area (Å²) in [4.78, 5) is 17.3. The topological polar surface area (TPSA) is 155 Å². The Kier molecular flexibility index (Phi) is 5.11. The van der Waals surface area contributed by atoms with Crippen molar-refractivity contribution in [2.24, 2.45) is 21.1 Å². The van der Waals surface area contributed by atoms with E-state index in [1.807, 2.05) is 12.1 Å². The Morgan fingerprint density at radius 3 is 2.83 bits per heavy atom. The summed E-state index contributed by atoms with van der Waals surface area (Å²) >= 11 is 1.20. The van der Waals surface area contributed by atoms with Crippen LogP contribution >= 0.6 is 11.3 Å². The predicted molar refractivity (Wildman–Crippen MR) is 79.5 cm³/mol. The Morgan fingerprint density at radius 2 is 2.26 bits per heavy atom. The molecule has 0 spiro atoms. The number of nitriles is 2. The van der Waals surface area contributed by atoms with E-state index in [4.69, 9.17) is 10.5 Å². The largest absolute Gasteiger partial charge is 0.341 e. The standard InChI is InChI=1S/C11H12N10OS/c1-14-10(22)17-7-9(18-20-11-19-15-5-23-11)21(2)8(16-7)6(3-12)4-13/h5-7,9H,1-2H3,(H2,14,17,22)/b20-18+. The molecule has 1 aromatic heterocycles. The van der Waals surface area contributed by atoms with Crippen LogP contribution in [-0.4, -0.2) is 53.4 Å². The molecule has 1 aromatic rings. The quantitative estimate of drug-likeness (QED) is 0.751. The molecule has 0 aromatic carbocycles. The average Bonchev–Trinajstić information content (AvgIpc) is 3.16. The van der Waals surface area contributed by atoms with Crippen LogP contribution in [0.25, 0.3) is 0 Å². The number of amides is 2. The second-order valence-electron chi connectivity index (χ2n) is 4.31. The molecule has 2 atom stereocenters. The van der Waals surface area contributed by atoms with Crippen molar-refractivity contribution < 1.29 is 4.79 Å². The fourth-order valence-corrected chi connectivity index (χ4v) is 2.22. The zero-order chi connectivity index (χ0) is 16.8. The molecular formula is C11H12N10OS. The van der Waals surface area contributed by atoms with Crippen molar-refractivity contribution in [1.29, 1.82) is 10.5 Å². The second-order valence-corrected chi connectivity index (χ2v) is 5.12. The minimum absolute atomic E-state index is 0.220. The highest BCUT2D eigenvalue weighted by Gasteiger charge is 2.38. The van der Waals surface area contributed by atoms with E-state index in [2.05, 4.69) is 36.1 Å².